The highest BCUT2D eigenvalue weighted by molar-refractivity contribution is 5.80. The molecule has 2 unspecified atom stereocenters. The Labute approximate surface area is 147 Å². The molecule has 1 aromatic rings. The summed E-state index contributed by atoms with van der Waals surface area (Å²) in [6, 6.07) is 6.60. The Morgan fingerprint density at radius 1 is 1.21 bits per heavy atom. The van der Waals surface area contributed by atoms with Crippen LogP contribution in [0.1, 0.15) is 45.7 Å². The van der Waals surface area contributed by atoms with Crippen LogP contribution in [0.3, 0.4) is 0 Å². The Morgan fingerprint density at radius 2 is 1.92 bits per heavy atom. The van der Waals surface area contributed by atoms with E-state index in [1.54, 1.807) is 0 Å². The lowest BCUT2D eigenvalue weighted by Gasteiger charge is -2.32. The van der Waals surface area contributed by atoms with E-state index in [-0.39, 0.29) is 0 Å². The molecule has 2 rings (SSSR count). The summed E-state index contributed by atoms with van der Waals surface area (Å²) in [6.45, 7) is 8.27. The average molecular weight is 332 g/mol. The maximum absolute atomic E-state index is 4.74. The smallest absolute Gasteiger partial charge is 0.191 e. The maximum Gasteiger partial charge on any atom is 0.191 e. The highest BCUT2D eigenvalue weighted by Gasteiger charge is 2.24. The van der Waals surface area contributed by atoms with Crippen molar-refractivity contribution < 1.29 is 0 Å². The molecule has 0 amide bonds. The predicted molar refractivity (Wildman–Crippen MR) is 102 cm³/mol. The fraction of sp³-hybridized carbons (Fsp3) is 0.684. The van der Waals surface area contributed by atoms with Crippen LogP contribution >= 0.6 is 0 Å². The van der Waals surface area contributed by atoms with E-state index in [2.05, 4.69) is 36.4 Å². The normalized spacial score (nSPS) is 24.5. The van der Waals surface area contributed by atoms with Crippen LogP contribution in [0.2, 0.25) is 0 Å². The number of aromatic nitrogens is 1. The average Bonchev–Trinajstić information content (AvgIpc) is 2.52. The molecule has 1 aromatic heterocycles. The van der Waals surface area contributed by atoms with E-state index in [0.717, 1.165) is 35.9 Å². The summed E-state index contributed by atoms with van der Waals surface area (Å²) in [5.74, 6) is 3.44. The van der Waals surface area contributed by atoms with Crippen LogP contribution < -0.4 is 15.5 Å². The summed E-state index contributed by atoms with van der Waals surface area (Å²) in [5.41, 5.74) is 0.990. The summed E-state index contributed by atoms with van der Waals surface area (Å²) >= 11 is 0. The highest BCUT2D eigenvalue weighted by Crippen LogP contribution is 2.28. The second kappa shape index (κ2) is 8.90. The van der Waals surface area contributed by atoms with Gasteiger partial charge in [-0.1, -0.05) is 19.9 Å². The van der Waals surface area contributed by atoms with Gasteiger partial charge in [0, 0.05) is 26.7 Å². The van der Waals surface area contributed by atoms with Gasteiger partial charge in [-0.2, -0.15) is 0 Å². The van der Waals surface area contributed by atoms with Gasteiger partial charge in [0.1, 0.15) is 5.82 Å². The van der Waals surface area contributed by atoms with Crippen LogP contribution in [-0.4, -0.2) is 37.6 Å². The number of nitrogens with zero attached hydrogens (tertiary/aromatic N) is 3. The third-order valence-corrected chi connectivity index (χ3v) is 4.51. The molecule has 2 N–H and O–H groups in total. The van der Waals surface area contributed by atoms with Gasteiger partial charge in [-0.25, -0.2) is 9.98 Å². The number of guanidine groups is 1. The lowest BCUT2D eigenvalue weighted by Crippen LogP contribution is -2.46. The van der Waals surface area contributed by atoms with Crippen LogP contribution in [0.5, 0.6) is 0 Å². The Balaban J connectivity index is 2.01. The number of aliphatic imine (C=N–C) groups is 1. The van der Waals surface area contributed by atoms with Crippen molar-refractivity contribution in [3.63, 3.8) is 0 Å². The molecule has 24 heavy (non-hydrogen) atoms. The molecule has 134 valence electrons. The van der Waals surface area contributed by atoms with E-state index in [9.17, 15) is 0 Å². The zero-order chi connectivity index (χ0) is 17.5. The number of hydrogen-bond donors (Lipinski definition) is 2. The van der Waals surface area contributed by atoms with E-state index < -0.39 is 0 Å². The topological polar surface area (TPSA) is 52.6 Å². The first kappa shape index (κ1) is 18.6. The largest absolute Gasteiger partial charge is 0.363 e. The molecule has 0 aliphatic heterocycles. The Bertz CT molecular complexity index is 530. The zero-order valence-electron chi connectivity index (χ0n) is 15.8. The van der Waals surface area contributed by atoms with Crippen LogP contribution in [0.4, 0.5) is 5.82 Å². The zero-order valence-corrected chi connectivity index (χ0v) is 15.8. The molecule has 1 fully saturated rings. The summed E-state index contributed by atoms with van der Waals surface area (Å²) < 4.78 is 0. The summed E-state index contributed by atoms with van der Waals surface area (Å²) in [7, 11) is 4.01. The first-order valence-corrected chi connectivity index (χ1v) is 9.16. The monoisotopic (exact) mass is 331 g/mol. The third kappa shape index (κ3) is 5.69. The number of hydrogen-bond acceptors (Lipinski definition) is 3. The van der Waals surface area contributed by atoms with Crippen LogP contribution in [0.25, 0.3) is 0 Å². The van der Waals surface area contributed by atoms with Crippen molar-refractivity contribution in [3.8, 4) is 0 Å². The van der Waals surface area contributed by atoms with Gasteiger partial charge in [0.25, 0.3) is 0 Å². The standard InChI is InChI=1S/C19H33N5/c1-6-20-19(23-17-11-14(2)10-15(3)12-17)21-13-16-8-7-9-18(22-16)24(4)5/h7-9,14-15,17H,6,10-13H2,1-5H3,(H2,20,21,23). The predicted octanol–water partition coefficient (Wildman–Crippen LogP) is 3.03. The number of anilines is 1. The number of pyridine rings is 1. The maximum atomic E-state index is 4.74. The second-order valence-corrected chi connectivity index (χ2v) is 7.34. The molecular formula is C19H33N5. The summed E-state index contributed by atoms with van der Waals surface area (Å²) in [5, 5.41) is 6.99. The SMILES string of the molecule is CCNC(=NCc1cccc(N(C)C)n1)NC1CC(C)CC(C)C1. The van der Waals surface area contributed by atoms with Gasteiger partial charge in [-0.3, -0.25) is 0 Å². The van der Waals surface area contributed by atoms with Gasteiger partial charge in [0.2, 0.25) is 0 Å². The number of rotatable bonds is 5. The quantitative estimate of drug-likeness (QED) is 0.643. The van der Waals surface area contributed by atoms with Crippen molar-refractivity contribution in [2.75, 3.05) is 25.5 Å². The van der Waals surface area contributed by atoms with Crippen molar-refractivity contribution in [2.45, 2.75) is 52.6 Å². The van der Waals surface area contributed by atoms with Crippen molar-refractivity contribution >= 4 is 11.8 Å². The molecule has 5 nitrogen and oxygen atoms in total. The van der Waals surface area contributed by atoms with E-state index in [1.807, 2.05) is 37.2 Å². The van der Waals surface area contributed by atoms with Gasteiger partial charge in [0.05, 0.1) is 12.2 Å². The molecule has 1 aliphatic carbocycles. The van der Waals surface area contributed by atoms with Crippen LogP contribution in [-0.2, 0) is 6.54 Å². The minimum absolute atomic E-state index is 0.516. The van der Waals surface area contributed by atoms with Crippen molar-refractivity contribution in [2.24, 2.45) is 16.8 Å². The minimum Gasteiger partial charge on any atom is -0.363 e. The molecule has 1 aliphatic rings. The first-order valence-electron chi connectivity index (χ1n) is 9.16. The lowest BCUT2D eigenvalue weighted by atomic mass is 9.80. The Hall–Kier alpha value is -1.78. The lowest BCUT2D eigenvalue weighted by molar-refractivity contribution is 0.255. The molecule has 1 saturated carbocycles. The summed E-state index contributed by atoms with van der Waals surface area (Å²) in [6.07, 6.45) is 3.79. The van der Waals surface area contributed by atoms with Crippen molar-refractivity contribution in [1.29, 1.82) is 0 Å². The fourth-order valence-electron chi connectivity index (χ4n) is 3.54. The van der Waals surface area contributed by atoms with Gasteiger partial charge < -0.3 is 15.5 Å². The van der Waals surface area contributed by atoms with Gasteiger partial charge in [-0.05, 0) is 50.2 Å². The number of nitrogens with one attached hydrogen (secondary N) is 2. The van der Waals surface area contributed by atoms with Crippen LogP contribution in [0.15, 0.2) is 23.2 Å². The Kier molecular flexibility index (Phi) is 6.88. The first-order chi connectivity index (χ1) is 11.5. The molecule has 0 spiro atoms. The van der Waals surface area contributed by atoms with Crippen molar-refractivity contribution in [3.05, 3.63) is 23.9 Å². The molecule has 0 saturated heterocycles. The van der Waals surface area contributed by atoms with E-state index in [4.69, 9.17) is 4.99 Å². The van der Waals surface area contributed by atoms with Gasteiger partial charge in [-0.15, -0.1) is 0 Å². The minimum atomic E-state index is 0.516. The highest BCUT2D eigenvalue weighted by atomic mass is 15.2. The fourth-order valence-corrected chi connectivity index (χ4v) is 3.54. The van der Waals surface area contributed by atoms with Gasteiger partial charge >= 0.3 is 0 Å². The molecule has 2 atom stereocenters. The van der Waals surface area contributed by atoms with Crippen LogP contribution in [0, 0.1) is 11.8 Å². The van der Waals surface area contributed by atoms with E-state index in [1.165, 1.54) is 19.3 Å². The van der Waals surface area contributed by atoms with Crippen molar-refractivity contribution in [1.82, 2.24) is 15.6 Å². The molecule has 5 heteroatoms. The second-order valence-electron chi connectivity index (χ2n) is 7.34. The Morgan fingerprint density at radius 3 is 2.54 bits per heavy atom. The summed E-state index contributed by atoms with van der Waals surface area (Å²) in [4.78, 5) is 11.4. The third-order valence-electron chi connectivity index (χ3n) is 4.51. The molecule has 1 heterocycles. The molecule has 0 bridgehead atoms. The van der Waals surface area contributed by atoms with Gasteiger partial charge in [0.15, 0.2) is 5.96 Å². The molecule has 0 radical (unpaired) electrons. The molecule has 0 aromatic carbocycles. The molecular weight excluding hydrogens is 298 g/mol. The van der Waals surface area contributed by atoms with E-state index in [0.29, 0.717) is 12.6 Å². The van der Waals surface area contributed by atoms with E-state index >= 15 is 0 Å².